The Balaban J connectivity index is 2.25. The predicted octanol–water partition coefficient (Wildman–Crippen LogP) is 3.37. The van der Waals surface area contributed by atoms with Crippen LogP contribution in [-0.4, -0.2) is 24.1 Å². The second-order valence-corrected chi connectivity index (χ2v) is 4.99. The average molecular weight is 277 g/mol. The van der Waals surface area contributed by atoms with E-state index < -0.39 is 0 Å². The van der Waals surface area contributed by atoms with Crippen LogP contribution in [0.4, 0.5) is 11.4 Å². The number of rotatable bonds is 4. The molecule has 0 radical (unpaired) electrons. The maximum atomic E-state index is 6.06. The van der Waals surface area contributed by atoms with Gasteiger partial charge in [-0.15, -0.1) is 0 Å². The predicted molar refractivity (Wildman–Crippen MR) is 79.8 cm³/mol. The molecule has 0 fully saturated rings. The van der Waals surface area contributed by atoms with E-state index in [1.54, 1.807) is 18.6 Å². The van der Waals surface area contributed by atoms with Gasteiger partial charge in [0.2, 0.25) is 0 Å². The molecule has 0 aliphatic heterocycles. The number of nitrogens with zero attached hydrogens (tertiary/aromatic N) is 3. The van der Waals surface area contributed by atoms with Crippen molar-refractivity contribution in [2.24, 2.45) is 0 Å². The van der Waals surface area contributed by atoms with E-state index in [0.29, 0.717) is 5.02 Å². The monoisotopic (exact) mass is 276 g/mol. The lowest BCUT2D eigenvalue weighted by atomic mass is 10.2. The second kappa shape index (κ2) is 5.89. The minimum absolute atomic E-state index is 0.0610. The van der Waals surface area contributed by atoms with Crippen molar-refractivity contribution in [1.29, 1.82) is 0 Å². The van der Waals surface area contributed by atoms with Gasteiger partial charge in [0.15, 0.2) is 0 Å². The van der Waals surface area contributed by atoms with Crippen LogP contribution in [0.15, 0.2) is 36.8 Å². The number of hydrogen-bond donors (Lipinski definition) is 1. The van der Waals surface area contributed by atoms with Crippen molar-refractivity contribution in [1.82, 2.24) is 9.97 Å². The van der Waals surface area contributed by atoms with Gasteiger partial charge in [-0.1, -0.05) is 11.6 Å². The first-order valence-corrected chi connectivity index (χ1v) is 6.45. The van der Waals surface area contributed by atoms with Gasteiger partial charge in [-0.3, -0.25) is 9.97 Å². The van der Waals surface area contributed by atoms with Crippen LogP contribution >= 0.6 is 11.6 Å². The summed E-state index contributed by atoms with van der Waals surface area (Å²) in [4.78, 5) is 10.4. The molecule has 4 nitrogen and oxygen atoms in total. The molecule has 1 aromatic carbocycles. The fourth-order valence-corrected chi connectivity index (χ4v) is 2.03. The molecule has 100 valence electrons. The maximum Gasteiger partial charge on any atom is 0.0806 e. The molecule has 0 saturated heterocycles. The highest BCUT2D eigenvalue weighted by molar-refractivity contribution is 6.31. The van der Waals surface area contributed by atoms with Crippen molar-refractivity contribution in [2.45, 2.75) is 13.0 Å². The number of hydrogen-bond acceptors (Lipinski definition) is 4. The summed E-state index contributed by atoms with van der Waals surface area (Å²) >= 11 is 6.06. The average Bonchev–Trinajstić information content (AvgIpc) is 2.39. The minimum atomic E-state index is 0.0610. The Labute approximate surface area is 118 Å². The van der Waals surface area contributed by atoms with Crippen LogP contribution < -0.4 is 10.2 Å². The lowest BCUT2D eigenvalue weighted by molar-refractivity contribution is 0.826. The Morgan fingerprint density at radius 1 is 1.26 bits per heavy atom. The summed E-state index contributed by atoms with van der Waals surface area (Å²) in [6, 6.07) is 5.86. The lowest BCUT2D eigenvalue weighted by Gasteiger charge is -2.21. The van der Waals surface area contributed by atoms with Gasteiger partial charge < -0.3 is 10.2 Å². The van der Waals surface area contributed by atoms with E-state index in [1.807, 2.05) is 44.1 Å². The highest BCUT2D eigenvalue weighted by atomic mass is 35.5. The molecule has 0 amide bonds. The summed E-state index contributed by atoms with van der Waals surface area (Å²) in [5.74, 6) is 0. The second-order valence-electron chi connectivity index (χ2n) is 4.55. The Bertz CT molecular complexity index is 542. The molecule has 2 rings (SSSR count). The van der Waals surface area contributed by atoms with Gasteiger partial charge in [0.05, 0.1) is 29.3 Å². The van der Waals surface area contributed by atoms with Crippen molar-refractivity contribution in [3.05, 3.63) is 47.5 Å². The summed E-state index contributed by atoms with van der Waals surface area (Å²) in [5.41, 5.74) is 2.96. The zero-order valence-electron chi connectivity index (χ0n) is 11.3. The number of halogens is 1. The first kappa shape index (κ1) is 13.6. The molecule has 2 aromatic rings. The van der Waals surface area contributed by atoms with Crippen LogP contribution in [0.5, 0.6) is 0 Å². The molecule has 0 aliphatic carbocycles. The summed E-state index contributed by atoms with van der Waals surface area (Å²) < 4.78 is 0. The number of anilines is 2. The fourth-order valence-electron chi connectivity index (χ4n) is 1.86. The molecule has 0 aliphatic rings. The lowest BCUT2D eigenvalue weighted by Crippen LogP contribution is -2.14. The molecule has 1 aromatic heterocycles. The van der Waals surface area contributed by atoms with E-state index in [-0.39, 0.29) is 6.04 Å². The molecule has 1 unspecified atom stereocenters. The number of benzene rings is 1. The normalized spacial score (nSPS) is 12.0. The van der Waals surface area contributed by atoms with E-state index in [2.05, 4.69) is 15.3 Å². The Morgan fingerprint density at radius 3 is 2.68 bits per heavy atom. The zero-order valence-corrected chi connectivity index (χ0v) is 12.0. The van der Waals surface area contributed by atoms with Gasteiger partial charge in [0.1, 0.15) is 0 Å². The van der Waals surface area contributed by atoms with Crippen molar-refractivity contribution >= 4 is 23.0 Å². The van der Waals surface area contributed by atoms with E-state index in [9.17, 15) is 0 Å². The van der Waals surface area contributed by atoms with Gasteiger partial charge in [-0.2, -0.15) is 0 Å². The van der Waals surface area contributed by atoms with Gasteiger partial charge >= 0.3 is 0 Å². The first-order valence-electron chi connectivity index (χ1n) is 6.07. The maximum absolute atomic E-state index is 6.06. The van der Waals surface area contributed by atoms with Gasteiger partial charge in [0, 0.05) is 31.5 Å². The molecule has 1 heterocycles. The van der Waals surface area contributed by atoms with Gasteiger partial charge in [0.25, 0.3) is 0 Å². The highest BCUT2D eigenvalue weighted by Gasteiger charge is 2.11. The Hall–Kier alpha value is -1.81. The van der Waals surface area contributed by atoms with E-state index in [1.165, 1.54) is 0 Å². The standard InChI is InChI=1S/C14H17ClN4/c1-10(13-9-16-6-7-17-13)18-12-8-11(15)4-5-14(12)19(2)3/h4-10,18H,1-3H3. The van der Waals surface area contributed by atoms with Crippen LogP contribution in [-0.2, 0) is 0 Å². The largest absolute Gasteiger partial charge is 0.376 e. The molecule has 5 heteroatoms. The molecule has 0 saturated carbocycles. The zero-order chi connectivity index (χ0) is 13.8. The smallest absolute Gasteiger partial charge is 0.0806 e. The topological polar surface area (TPSA) is 41.0 Å². The summed E-state index contributed by atoms with van der Waals surface area (Å²) in [5, 5.41) is 4.13. The first-order chi connectivity index (χ1) is 9.08. The molecule has 19 heavy (non-hydrogen) atoms. The molecule has 1 N–H and O–H groups in total. The fraction of sp³-hybridized carbons (Fsp3) is 0.286. The van der Waals surface area contributed by atoms with Crippen LogP contribution in [0.3, 0.4) is 0 Å². The minimum Gasteiger partial charge on any atom is -0.376 e. The third kappa shape index (κ3) is 3.35. The molecular formula is C14H17ClN4. The van der Waals surface area contributed by atoms with E-state index in [4.69, 9.17) is 11.6 Å². The van der Waals surface area contributed by atoms with Gasteiger partial charge in [-0.05, 0) is 25.1 Å². The van der Waals surface area contributed by atoms with E-state index >= 15 is 0 Å². The SMILES string of the molecule is CC(Nc1cc(Cl)ccc1N(C)C)c1cnccn1. The molecular weight excluding hydrogens is 260 g/mol. The third-order valence-electron chi connectivity index (χ3n) is 2.84. The van der Waals surface area contributed by atoms with E-state index in [0.717, 1.165) is 17.1 Å². The number of aromatic nitrogens is 2. The van der Waals surface area contributed by atoms with Crippen LogP contribution in [0.1, 0.15) is 18.7 Å². The van der Waals surface area contributed by atoms with Crippen molar-refractivity contribution in [2.75, 3.05) is 24.3 Å². The van der Waals surface area contributed by atoms with Crippen LogP contribution in [0.2, 0.25) is 5.02 Å². The Kier molecular flexibility index (Phi) is 4.22. The molecule has 0 spiro atoms. The number of nitrogens with one attached hydrogen (secondary N) is 1. The summed E-state index contributed by atoms with van der Waals surface area (Å²) in [6.07, 6.45) is 5.12. The Morgan fingerprint density at radius 2 is 2.05 bits per heavy atom. The molecule has 0 bridgehead atoms. The quantitative estimate of drug-likeness (QED) is 0.930. The van der Waals surface area contributed by atoms with Crippen molar-refractivity contribution in [3.63, 3.8) is 0 Å². The van der Waals surface area contributed by atoms with Crippen LogP contribution in [0, 0.1) is 0 Å². The summed E-state index contributed by atoms with van der Waals surface area (Å²) in [7, 11) is 4.00. The van der Waals surface area contributed by atoms with Crippen molar-refractivity contribution < 1.29 is 0 Å². The van der Waals surface area contributed by atoms with Crippen LogP contribution in [0.25, 0.3) is 0 Å². The van der Waals surface area contributed by atoms with Gasteiger partial charge in [-0.25, -0.2) is 0 Å². The van der Waals surface area contributed by atoms with Crippen molar-refractivity contribution in [3.8, 4) is 0 Å². The third-order valence-corrected chi connectivity index (χ3v) is 3.07. The summed E-state index contributed by atoms with van der Waals surface area (Å²) in [6.45, 7) is 2.05. The molecule has 1 atom stereocenters. The highest BCUT2D eigenvalue weighted by Crippen LogP contribution is 2.30.